The molecule has 0 saturated heterocycles. The first kappa shape index (κ1) is 15.2. The molecule has 0 radical (unpaired) electrons. The molecule has 1 aromatic carbocycles. The number of oxime groups is 1. The van der Waals surface area contributed by atoms with Crippen molar-refractivity contribution in [1.82, 2.24) is 0 Å². The zero-order valence-corrected chi connectivity index (χ0v) is 11.4. The van der Waals surface area contributed by atoms with Crippen LogP contribution < -0.4 is 10.6 Å². The van der Waals surface area contributed by atoms with Crippen LogP contribution in [0.5, 0.6) is 0 Å². The summed E-state index contributed by atoms with van der Waals surface area (Å²) in [7, 11) is 0. The Morgan fingerprint density at radius 3 is 2.58 bits per heavy atom. The number of benzene rings is 1. The monoisotopic (exact) mass is 269 g/mol. The maximum atomic E-state index is 13.3. The van der Waals surface area contributed by atoms with E-state index >= 15 is 0 Å². The average molecular weight is 269 g/mol. The highest BCUT2D eigenvalue weighted by Gasteiger charge is 2.21. The third-order valence-corrected chi connectivity index (χ3v) is 2.64. The maximum absolute atomic E-state index is 13.3. The molecule has 0 fully saturated rings. The van der Waals surface area contributed by atoms with Gasteiger partial charge in [-0.25, -0.2) is 4.39 Å². The van der Waals surface area contributed by atoms with E-state index in [-0.39, 0.29) is 5.84 Å². The van der Waals surface area contributed by atoms with Gasteiger partial charge >= 0.3 is 0 Å². The Kier molecular flexibility index (Phi) is 4.72. The third-order valence-electron chi connectivity index (χ3n) is 2.64. The number of rotatable bonds is 5. The fourth-order valence-electron chi connectivity index (χ4n) is 1.88. The van der Waals surface area contributed by atoms with Crippen LogP contribution in [0.3, 0.4) is 0 Å². The summed E-state index contributed by atoms with van der Waals surface area (Å²) < 4.78 is 13.3. The van der Waals surface area contributed by atoms with E-state index in [1.807, 2.05) is 11.8 Å². The lowest BCUT2D eigenvalue weighted by molar-refractivity contribution is 0.0876. The fraction of sp³-hybridized carbons (Fsp3) is 0.462. The van der Waals surface area contributed by atoms with E-state index in [0.717, 1.165) is 0 Å². The largest absolute Gasteiger partial charge is 0.409 e. The molecule has 0 heterocycles. The molecule has 1 aromatic rings. The van der Waals surface area contributed by atoms with E-state index in [1.165, 1.54) is 12.1 Å². The Labute approximate surface area is 112 Å². The maximum Gasteiger partial charge on any atom is 0.172 e. The molecule has 0 aliphatic rings. The molecule has 4 N–H and O–H groups in total. The van der Waals surface area contributed by atoms with Crippen molar-refractivity contribution in [1.29, 1.82) is 0 Å². The van der Waals surface area contributed by atoms with Gasteiger partial charge in [0, 0.05) is 24.3 Å². The molecule has 0 unspecified atom stereocenters. The van der Waals surface area contributed by atoms with Gasteiger partial charge in [0.2, 0.25) is 0 Å². The van der Waals surface area contributed by atoms with Crippen LogP contribution in [-0.2, 0) is 0 Å². The predicted octanol–water partition coefficient (Wildman–Crippen LogP) is 1.52. The predicted molar refractivity (Wildman–Crippen MR) is 73.1 cm³/mol. The molecule has 0 atom stereocenters. The SMILES string of the molecule is CCN(CC(C)(C)O)c1ccc(F)cc1C(N)=NO. The number of hydrogen-bond donors (Lipinski definition) is 3. The van der Waals surface area contributed by atoms with Gasteiger partial charge in [-0.1, -0.05) is 5.16 Å². The van der Waals surface area contributed by atoms with Crippen LogP contribution in [0, 0.1) is 5.82 Å². The van der Waals surface area contributed by atoms with Crippen molar-refractivity contribution in [3.05, 3.63) is 29.6 Å². The first-order valence-corrected chi connectivity index (χ1v) is 6.03. The van der Waals surface area contributed by atoms with Gasteiger partial charge in [-0.15, -0.1) is 0 Å². The lowest BCUT2D eigenvalue weighted by Gasteiger charge is -2.31. The van der Waals surface area contributed by atoms with Crippen LogP contribution in [0.4, 0.5) is 10.1 Å². The number of likely N-dealkylation sites (N-methyl/N-ethyl adjacent to an activating group) is 1. The zero-order chi connectivity index (χ0) is 14.6. The van der Waals surface area contributed by atoms with Crippen molar-refractivity contribution >= 4 is 11.5 Å². The van der Waals surface area contributed by atoms with Crippen molar-refractivity contribution in [3.63, 3.8) is 0 Å². The van der Waals surface area contributed by atoms with Crippen LogP contribution in [-0.4, -0.2) is 34.8 Å². The van der Waals surface area contributed by atoms with Gasteiger partial charge in [-0.3, -0.25) is 0 Å². The number of hydrogen-bond acceptors (Lipinski definition) is 4. The molecule has 0 bridgehead atoms. The van der Waals surface area contributed by atoms with Crippen LogP contribution >= 0.6 is 0 Å². The summed E-state index contributed by atoms with van der Waals surface area (Å²) in [6.45, 7) is 6.22. The summed E-state index contributed by atoms with van der Waals surface area (Å²) in [6, 6.07) is 4.06. The van der Waals surface area contributed by atoms with Crippen molar-refractivity contribution < 1.29 is 14.7 Å². The molecular formula is C13H20FN3O2. The summed E-state index contributed by atoms with van der Waals surface area (Å²) in [5.74, 6) is -0.631. The number of halogens is 1. The van der Waals surface area contributed by atoms with Crippen molar-refractivity contribution in [3.8, 4) is 0 Å². The first-order chi connectivity index (χ1) is 8.78. The van der Waals surface area contributed by atoms with Gasteiger partial charge < -0.3 is 20.9 Å². The van der Waals surface area contributed by atoms with Gasteiger partial charge in [0.1, 0.15) is 5.82 Å². The van der Waals surface area contributed by atoms with E-state index in [4.69, 9.17) is 10.9 Å². The van der Waals surface area contributed by atoms with Crippen molar-refractivity contribution in [2.45, 2.75) is 26.4 Å². The average Bonchev–Trinajstić information content (AvgIpc) is 2.34. The Bertz CT molecular complexity index is 469. The molecular weight excluding hydrogens is 249 g/mol. The second-order valence-electron chi connectivity index (χ2n) is 4.97. The van der Waals surface area contributed by atoms with Crippen molar-refractivity contribution in [2.75, 3.05) is 18.0 Å². The first-order valence-electron chi connectivity index (χ1n) is 6.03. The Hall–Kier alpha value is -1.82. The highest BCUT2D eigenvalue weighted by molar-refractivity contribution is 6.02. The number of nitrogens with two attached hydrogens (primary N) is 1. The summed E-state index contributed by atoms with van der Waals surface area (Å²) in [5.41, 5.74) is 5.57. The topological polar surface area (TPSA) is 82.1 Å². The van der Waals surface area contributed by atoms with Gasteiger partial charge in [0.15, 0.2) is 5.84 Å². The lowest BCUT2D eigenvalue weighted by Crippen LogP contribution is -2.39. The highest BCUT2D eigenvalue weighted by Crippen LogP contribution is 2.23. The third kappa shape index (κ3) is 4.10. The normalized spacial score (nSPS) is 12.6. The fourth-order valence-corrected chi connectivity index (χ4v) is 1.88. The molecule has 5 nitrogen and oxygen atoms in total. The minimum absolute atomic E-state index is 0.163. The minimum Gasteiger partial charge on any atom is -0.409 e. The van der Waals surface area contributed by atoms with Crippen LogP contribution in [0.1, 0.15) is 26.3 Å². The van der Waals surface area contributed by atoms with E-state index < -0.39 is 11.4 Å². The second kappa shape index (κ2) is 5.88. The molecule has 6 heteroatoms. The molecule has 0 saturated carbocycles. The van der Waals surface area contributed by atoms with Crippen LogP contribution in [0.2, 0.25) is 0 Å². The second-order valence-corrected chi connectivity index (χ2v) is 4.97. The molecule has 19 heavy (non-hydrogen) atoms. The van der Waals surface area contributed by atoms with Gasteiger partial charge in [-0.05, 0) is 39.0 Å². The zero-order valence-electron chi connectivity index (χ0n) is 11.4. The minimum atomic E-state index is -0.910. The summed E-state index contributed by atoms with van der Waals surface area (Å²) in [6.07, 6.45) is 0. The molecule has 106 valence electrons. The molecule has 0 spiro atoms. The Balaban J connectivity index is 3.24. The number of amidine groups is 1. The van der Waals surface area contributed by atoms with E-state index in [1.54, 1.807) is 19.9 Å². The molecule has 1 rings (SSSR count). The van der Waals surface area contributed by atoms with E-state index in [2.05, 4.69) is 5.16 Å². The Morgan fingerprint density at radius 2 is 2.11 bits per heavy atom. The lowest BCUT2D eigenvalue weighted by atomic mass is 10.1. The summed E-state index contributed by atoms with van der Waals surface area (Å²) in [5, 5.41) is 21.6. The molecule has 0 aromatic heterocycles. The quantitative estimate of drug-likeness (QED) is 0.327. The molecule has 0 aliphatic heterocycles. The summed E-state index contributed by atoms with van der Waals surface area (Å²) in [4.78, 5) is 1.84. The smallest absolute Gasteiger partial charge is 0.172 e. The van der Waals surface area contributed by atoms with Gasteiger partial charge in [0.25, 0.3) is 0 Å². The van der Waals surface area contributed by atoms with Crippen LogP contribution in [0.15, 0.2) is 23.4 Å². The van der Waals surface area contributed by atoms with Gasteiger partial charge in [-0.2, -0.15) is 0 Å². The van der Waals surface area contributed by atoms with Gasteiger partial charge in [0.05, 0.1) is 5.60 Å². The number of aliphatic hydroxyl groups is 1. The Morgan fingerprint density at radius 1 is 1.47 bits per heavy atom. The number of anilines is 1. The van der Waals surface area contributed by atoms with Crippen molar-refractivity contribution in [2.24, 2.45) is 10.9 Å². The van der Waals surface area contributed by atoms with E-state index in [0.29, 0.717) is 24.3 Å². The summed E-state index contributed by atoms with van der Waals surface area (Å²) >= 11 is 0. The van der Waals surface area contributed by atoms with E-state index in [9.17, 15) is 9.50 Å². The molecule has 0 aliphatic carbocycles. The molecule has 0 amide bonds. The van der Waals surface area contributed by atoms with Crippen LogP contribution in [0.25, 0.3) is 0 Å². The number of nitrogens with zero attached hydrogens (tertiary/aromatic N) is 2. The standard InChI is InChI=1S/C13H20FN3O2/c1-4-17(8-13(2,3)18)11-6-5-9(14)7-10(11)12(15)16-19/h5-7,18-19H,4,8H2,1-3H3,(H2,15,16). The highest BCUT2D eigenvalue weighted by atomic mass is 19.1.